The van der Waals surface area contributed by atoms with Gasteiger partial charge >= 0.3 is 0 Å². The van der Waals surface area contributed by atoms with Crippen LogP contribution in [0.1, 0.15) is 11.3 Å². The van der Waals surface area contributed by atoms with E-state index in [-0.39, 0.29) is 5.84 Å². The summed E-state index contributed by atoms with van der Waals surface area (Å²) in [4.78, 5) is 0. The lowest BCUT2D eigenvalue weighted by atomic mass is 10.1. The summed E-state index contributed by atoms with van der Waals surface area (Å²) in [5.41, 5.74) is 8.34. The van der Waals surface area contributed by atoms with Crippen molar-refractivity contribution >= 4 is 16.7 Å². The zero-order valence-corrected chi connectivity index (χ0v) is 11.1. The Hall–Kier alpha value is -2.76. The van der Waals surface area contributed by atoms with Crippen LogP contribution in [-0.2, 0) is 13.6 Å². The van der Waals surface area contributed by atoms with Gasteiger partial charge in [-0.15, -0.1) is 0 Å². The molecule has 0 atom stereocenters. The van der Waals surface area contributed by atoms with Gasteiger partial charge < -0.3 is 15.5 Å². The molecule has 6 heteroatoms. The summed E-state index contributed by atoms with van der Waals surface area (Å²) >= 11 is 0. The van der Waals surface area contributed by atoms with Gasteiger partial charge in [0.15, 0.2) is 5.84 Å². The van der Waals surface area contributed by atoms with Crippen LogP contribution in [0.4, 0.5) is 0 Å². The molecule has 0 spiro atoms. The average Bonchev–Trinajstić information content (AvgIpc) is 3.05. The molecule has 2 heterocycles. The quantitative estimate of drug-likeness (QED) is 0.327. The SMILES string of the molecule is Cn1ccc(Cn2ccc3ccc(/C(N)=N/O)cc32)n1. The fourth-order valence-electron chi connectivity index (χ4n) is 2.26. The fourth-order valence-corrected chi connectivity index (χ4v) is 2.26. The van der Waals surface area contributed by atoms with Crippen molar-refractivity contribution in [3.63, 3.8) is 0 Å². The Bertz CT molecular complexity index is 784. The molecule has 0 saturated carbocycles. The third-order valence-electron chi connectivity index (χ3n) is 3.28. The maximum absolute atomic E-state index is 8.76. The third kappa shape index (κ3) is 2.11. The average molecular weight is 269 g/mol. The molecule has 0 radical (unpaired) electrons. The number of fused-ring (bicyclic) bond motifs is 1. The highest BCUT2D eigenvalue weighted by Crippen LogP contribution is 2.18. The summed E-state index contributed by atoms with van der Waals surface area (Å²) in [5, 5.41) is 17.3. The van der Waals surface area contributed by atoms with Crippen molar-refractivity contribution in [3.8, 4) is 0 Å². The Morgan fingerprint density at radius 1 is 1.30 bits per heavy atom. The Kier molecular flexibility index (Phi) is 2.90. The Morgan fingerprint density at radius 3 is 2.85 bits per heavy atom. The number of nitrogens with zero attached hydrogens (tertiary/aromatic N) is 4. The van der Waals surface area contributed by atoms with Gasteiger partial charge in [0.2, 0.25) is 0 Å². The van der Waals surface area contributed by atoms with Crippen LogP contribution in [0.5, 0.6) is 0 Å². The molecule has 20 heavy (non-hydrogen) atoms. The lowest BCUT2D eigenvalue weighted by Crippen LogP contribution is -2.13. The van der Waals surface area contributed by atoms with Crippen LogP contribution in [0, 0.1) is 0 Å². The highest BCUT2D eigenvalue weighted by atomic mass is 16.4. The van der Waals surface area contributed by atoms with Gasteiger partial charge in [-0.2, -0.15) is 5.10 Å². The van der Waals surface area contributed by atoms with Crippen LogP contribution < -0.4 is 5.73 Å². The molecule has 6 nitrogen and oxygen atoms in total. The lowest BCUT2D eigenvalue weighted by Gasteiger charge is -2.05. The van der Waals surface area contributed by atoms with E-state index < -0.39 is 0 Å². The molecule has 1 aromatic carbocycles. The minimum Gasteiger partial charge on any atom is -0.409 e. The van der Waals surface area contributed by atoms with Crippen molar-refractivity contribution in [2.45, 2.75) is 6.54 Å². The standard InChI is InChI=1S/C14H15N5O/c1-18-6-5-12(16-18)9-19-7-4-10-2-3-11(8-13(10)19)14(15)17-20/h2-8,20H,9H2,1H3,(H2,15,17). The summed E-state index contributed by atoms with van der Waals surface area (Å²) in [5.74, 6) is 0.109. The van der Waals surface area contributed by atoms with Gasteiger partial charge in [0, 0.05) is 30.5 Å². The van der Waals surface area contributed by atoms with Crippen LogP contribution >= 0.6 is 0 Å². The van der Waals surface area contributed by atoms with Gasteiger partial charge in [-0.05, 0) is 23.6 Å². The number of amidine groups is 1. The van der Waals surface area contributed by atoms with E-state index >= 15 is 0 Å². The first-order chi connectivity index (χ1) is 9.67. The largest absolute Gasteiger partial charge is 0.409 e. The van der Waals surface area contributed by atoms with E-state index in [1.54, 1.807) is 4.68 Å². The molecular weight excluding hydrogens is 254 g/mol. The number of rotatable bonds is 3. The molecule has 2 aromatic heterocycles. The first kappa shape index (κ1) is 12.3. The van der Waals surface area contributed by atoms with Gasteiger partial charge in [-0.1, -0.05) is 17.3 Å². The van der Waals surface area contributed by atoms with E-state index in [1.165, 1.54) is 0 Å². The first-order valence-corrected chi connectivity index (χ1v) is 6.22. The van der Waals surface area contributed by atoms with Gasteiger partial charge in [0.25, 0.3) is 0 Å². The topological polar surface area (TPSA) is 81.4 Å². The van der Waals surface area contributed by atoms with Crippen LogP contribution in [0.25, 0.3) is 10.9 Å². The number of hydrogen-bond donors (Lipinski definition) is 2. The maximum atomic E-state index is 8.76. The minimum absolute atomic E-state index is 0.109. The predicted molar refractivity (Wildman–Crippen MR) is 76.8 cm³/mol. The summed E-state index contributed by atoms with van der Waals surface area (Å²) in [6.45, 7) is 0.684. The summed E-state index contributed by atoms with van der Waals surface area (Å²) < 4.78 is 3.87. The molecule has 0 saturated heterocycles. The smallest absolute Gasteiger partial charge is 0.170 e. The van der Waals surface area contributed by atoms with Crippen LogP contribution in [0.3, 0.4) is 0 Å². The van der Waals surface area contributed by atoms with E-state index in [2.05, 4.69) is 14.8 Å². The van der Waals surface area contributed by atoms with Crippen molar-refractivity contribution in [1.29, 1.82) is 0 Å². The second-order valence-electron chi connectivity index (χ2n) is 4.68. The van der Waals surface area contributed by atoms with Gasteiger partial charge in [-0.25, -0.2) is 0 Å². The molecule has 0 unspecified atom stereocenters. The first-order valence-electron chi connectivity index (χ1n) is 6.22. The number of aromatic nitrogens is 3. The second kappa shape index (κ2) is 4.73. The molecular formula is C14H15N5O. The molecule has 0 amide bonds. The van der Waals surface area contributed by atoms with Crippen molar-refractivity contribution in [2.75, 3.05) is 0 Å². The second-order valence-corrected chi connectivity index (χ2v) is 4.68. The van der Waals surface area contributed by atoms with Crippen LogP contribution in [0.2, 0.25) is 0 Å². The van der Waals surface area contributed by atoms with Gasteiger partial charge in [-0.3, -0.25) is 4.68 Å². The van der Waals surface area contributed by atoms with E-state index in [9.17, 15) is 0 Å². The molecule has 0 aliphatic carbocycles. The van der Waals surface area contributed by atoms with Gasteiger partial charge in [0.05, 0.1) is 12.2 Å². The van der Waals surface area contributed by atoms with Crippen molar-refractivity contribution in [3.05, 3.63) is 54.0 Å². The van der Waals surface area contributed by atoms with Crippen molar-refractivity contribution < 1.29 is 5.21 Å². The molecule has 3 aromatic rings. The number of hydrogen-bond acceptors (Lipinski definition) is 3. The van der Waals surface area contributed by atoms with Crippen molar-refractivity contribution in [2.24, 2.45) is 17.9 Å². The van der Waals surface area contributed by atoms with Gasteiger partial charge in [0.1, 0.15) is 0 Å². The number of oxime groups is 1. The summed E-state index contributed by atoms with van der Waals surface area (Å²) in [6, 6.07) is 9.72. The Balaban J connectivity index is 2.02. The van der Waals surface area contributed by atoms with Crippen LogP contribution in [0.15, 0.2) is 47.9 Å². The lowest BCUT2D eigenvalue weighted by molar-refractivity contribution is 0.318. The molecule has 102 valence electrons. The van der Waals surface area contributed by atoms with Crippen LogP contribution in [-0.4, -0.2) is 25.4 Å². The summed E-state index contributed by atoms with van der Waals surface area (Å²) in [7, 11) is 1.90. The number of nitrogens with two attached hydrogens (primary N) is 1. The zero-order chi connectivity index (χ0) is 14.1. The van der Waals surface area contributed by atoms with E-state index in [1.807, 2.05) is 49.8 Å². The van der Waals surface area contributed by atoms with E-state index in [0.717, 1.165) is 16.6 Å². The molecule has 0 aliphatic rings. The molecule has 3 rings (SSSR count). The maximum Gasteiger partial charge on any atom is 0.170 e. The predicted octanol–water partition coefficient (Wildman–Crippen LogP) is 1.52. The monoisotopic (exact) mass is 269 g/mol. The van der Waals surface area contributed by atoms with E-state index in [0.29, 0.717) is 12.1 Å². The zero-order valence-electron chi connectivity index (χ0n) is 11.1. The minimum atomic E-state index is 0.109. The summed E-state index contributed by atoms with van der Waals surface area (Å²) in [6.07, 6.45) is 3.93. The van der Waals surface area contributed by atoms with E-state index in [4.69, 9.17) is 10.9 Å². The number of aryl methyl sites for hydroxylation is 1. The molecule has 0 bridgehead atoms. The highest BCUT2D eigenvalue weighted by Gasteiger charge is 2.06. The normalized spacial score (nSPS) is 12.2. The highest BCUT2D eigenvalue weighted by molar-refractivity contribution is 6.00. The van der Waals surface area contributed by atoms with Crippen molar-refractivity contribution in [1.82, 2.24) is 14.3 Å². The molecule has 3 N–H and O–H groups in total. The number of benzene rings is 1. The Labute approximate surface area is 115 Å². The fraction of sp³-hybridized carbons (Fsp3) is 0.143. The molecule has 0 fully saturated rings. The Morgan fingerprint density at radius 2 is 2.15 bits per heavy atom. The third-order valence-corrected chi connectivity index (χ3v) is 3.28. The molecule has 0 aliphatic heterocycles.